The molecule has 0 radical (unpaired) electrons. The average molecular weight is 273 g/mol. The zero-order valence-corrected chi connectivity index (χ0v) is 11.3. The van der Waals surface area contributed by atoms with Gasteiger partial charge in [0.1, 0.15) is 24.1 Å². The number of nitrogens with zero attached hydrogens (tertiary/aromatic N) is 2. The number of ether oxygens (including phenoxy) is 1. The molecule has 19 heavy (non-hydrogen) atoms. The normalized spacial score (nSPS) is 9.95. The molecule has 3 nitrogen and oxygen atoms in total. The first kappa shape index (κ1) is 13.4. The lowest BCUT2D eigenvalue weighted by Crippen LogP contribution is -2.00. The number of para-hydroxylation sites is 1. The van der Waals surface area contributed by atoms with E-state index in [-0.39, 0.29) is 0 Å². The Morgan fingerprint density at radius 1 is 1.37 bits per heavy atom. The van der Waals surface area contributed by atoms with Gasteiger partial charge in [-0.2, -0.15) is 5.26 Å². The fraction of sp³-hybridized carbons (Fsp3) is 0.200. The first-order valence-electron chi connectivity index (χ1n) is 5.87. The summed E-state index contributed by atoms with van der Waals surface area (Å²) in [6.07, 6.45) is 1.61. The summed E-state index contributed by atoms with van der Waals surface area (Å²) < 4.78 is 5.82. The van der Waals surface area contributed by atoms with Crippen molar-refractivity contribution in [1.29, 1.82) is 5.26 Å². The predicted octanol–water partition coefficient (Wildman–Crippen LogP) is 3.58. The molecule has 2 aromatic rings. The molecule has 0 aliphatic rings. The average Bonchev–Trinajstić information content (AvgIpc) is 2.46. The topological polar surface area (TPSA) is 45.9 Å². The van der Waals surface area contributed by atoms with Gasteiger partial charge in [0, 0.05) is 11.8 Å². The fourth-order valence-corrected chi connectivity index (χ4v) is 2.02. The summed E-state index contributed by atoms with van der Waals surface area (Å²) in [5, 5.41) is 8.80. The largest absolute Gasteiger partial charge is 0.488 e. The highest BCUT2D eigenvalue weighted by atomic mass is 35.5. The molecule has 0 spiro atoms. The number of aromatic nitrogens is 1. The smallest absolute Gasteiger partial charge is 0.140 e. The molecule has 0 aliphatic heterocycles. The van der Waals surface area contributed by atoms with Crippen molar-refractivity contribution in [2.24, 2.45) is 0 Å². The number of hydrogen-bond donors (Lipinski definition) is 0. The summed E-state index contributed by atoms with van der Waals surface area (Å²) in [7, 11) is 0. The molecule has 0 amide bonds. The van der Waals surface area contributed by atoms with Gasteiger partial charge in [-0.1, -0.05) is 18.2 Å². The van der Waals surface area contributed by atoms with Crippen molar-refractivity contribution >= 4 is 11.6 Å². The van der Waals surface area contributed by atoms with Gasteiger partial charge in [-0.25, -0.2) is 4.98 Å². The zero-order valence-electron chi connectivity index (χ0n) is 10.6. The fourth-order valence-electron chi connectivity index (χ4n) is 1.81. The Morgan fingerprint density at radius 2 is 2.21 bits per heavy atom. The highest BCUT2D eigenvalue weighted by Crippen LogP contribution is 2.25. The summed E-state index contributed by atoms with van der Waals surface area (Å²) >= 11 is 5.90. The van der Waals surface area contributed by atoms with E-state index in [2.05, 4.69) is 4.98 Å². The lowest BCUT2D eigenvalue weighted by Gasteiger charge is -2.12. The van der Waals surface area contributed by atoms with Crippen LogP contribution >= 0.6 is 11.6 Å². The van der Waals surface area contributed by atoms with Crippen LogP contribution in [0.5, 0.6) is 5.75 Å². The molecule has 0 N–H and O–H groups in total. The maximum absolute atomic E-state index is 8.80. The van der Waals surface area contributed by atoms with Crippen molar-refractivity contribution in [3.63, 3.8) is 0 Å². The van der Waals surface area contributed by atoms with Gasteiger partial charge in [0.05, 0.1) is 5.88 Å². The summed E-state index contributed by atoms with van der Waals surface area (Å²) in [4.78, 5) is 3.93. The number of pyridine rings is 1. The number of halogens is 1. The van der Waals surface area contributed by atoms with Crippen LogP contribution in [0.2, 0.25) is 0 Å². The van der Waals surface area contributed by atoms with Crippen molar-refractivity contribution in [3.8, 4) is 11.8 Å². The molecule has 1 heterocycles. The minimum absolute atomic E-state index is 0.392. The van der Waals surface area contributed by atoms with Gasteiger partial charge in [0.15, 0.2) is 0 Å². The Hall–Kier alpha value is -2.05. The minimum Gasteiger partial charge on any atom is -0.488 e. The summed E-state index contributed by atoms with van der Waals surface area (Å²) in [5.74, 6) is 1.23. The van der Waals surface area contributed by atoms with Crippen molar-refractivity contribution in [2.45, 2.75) is 19.4 Å². The standard InChI is InChI=1S/C15H13ClN2O/c1-11-3-2-4-13(8-16)15(11)19-10-12-5-6-18-14(7-12)9-17/h2-7H,8,10H2,1H3. The maximum atomic E-state index is 8.80. The van der Waals surface area contributed by atoms with Crippen LogP contribution in [0, 0.1) is 18.3 Å². The van der Waals surface area contributed by atoms with Crippen LogP contribution in [0.4, 0.5) is 0 Å². The monoisotopic (exact) mass is 272 g/mol. The highest BCUT2D eigenvalue weighted by Gasteiger charge is 2.06. The Morgan fingerprint density at radius 3 is 2.95 bits per heavy atom. The van der Waals surface area contributed by atoms with Crippen LogP contribution in [0.15, 0.2) is 36.5 Å². The van der Waals surface area contributed by atoms with E-state index in [1.165, 1.54) is 0 Å². The highest BCUT2D eigenvalue weighted by molar-refractivity contribution is 6.17. The third kappa shape index (κ3) is 3.24. The lowest BCUT2D eigenvalue weighted by atomic mass is 10.1. The SMILES string of the molecule is Cc1cccc(CCl)c1OCc1ccnc(C#N)c1. The summed E-state index contributed by atoms with van der Waals surface area (Å²) in [5.41, 5.74) is 3.32. The van der Waals surface area contributed by atoms with E-state index in [0.717, 1.165) is 22.4 Å². The van der Waals surface area contributed by atoms with E-state index < -0.39 is 0 Å². The maximum Gasteiger partial charge on any atom is 0.140 e. The third-order valence-corrected chi connectivity index (χ3v) is 3.05. The Balaban J connectivity index is 2.17. The van der Waals surface area contributed by atoms with E-state index >= 15 is 0 Å². The molecule has 0 atom stereocenters. The second-order valence-corrected chi connectivity index (χ2v) is 4.41. The van der Waals surface area contributed by atoms with Crippen LogP contribution in [-0.4, -0.2) is 4.98 Å². The van der Waals surface area contributed by atoms with E-state index in [9.17, 15) is 0 Å². The van der Waals surface area contributed by atoms with Crippen molar-refractivity contribution < 1.29 is 4.74 Å². The quantitative estimate of drug-likeness (QED) is 0.799. The van der Waals surface area contributed by atoms with Crippen LogP contribution in [0.3, 0.4) is 0 Å². The molecule has 96 valence electrons. The zero-order chi connectivity index (χ0) is 13.7. The molecular weight excluding hydrogens is 260 g/mol. The second kappa shape index (κ2) is 6.21. The number of aryl methyl sites for hydroxylation is 1. The Labute approximate surface area is 117 Å². The third-order valence-electron chi connectivity index (χ3n) is 2.76. The minimum atomic E-state index is 0.392. The van der Waals surface area contributed by atoms with Crippen LogP contribution < -0.4 is 4.74 Å². The number of nitriles is 1. The van der Waals surface area contributed by atoms with Crippen LogP contribution in [0.25, 0.3) is 0 Å². The van der Waals surface area contributed by atoms with E-state index in [1.54, 1.807) is 12.3 Å². The molecular formula is C15H13ClN2O. The number of benzene rings is 1. The van der Waals surface area contributed by atoms with Gasteiger partial charge < -0.3 is 4.74 Å². The molecule has 1 aromatic heterocycles. The van der Waals surface area contributed by atoms with Gasteiger partial charge in [-0.05, 0) is 30.2 Å². The first-order valence-corrected chi connectivity index (χ1v) is 6.40. The van der Waals surface area contributed by atoms with E-state index in [1.807, 2.05) is 37.3 Å². The molecule has 1 aromatic carbocycles. The first-order chi connectivity index (χ1) is 9.24. The van der Waals surface area contributed by atoms with Crippen molar-refractivity contribution in [2.75, 3.05) is 0 Å². The van der Waals surface area contributed by atoms with Gasteiger partial charge in [0.25, 0.3) is 0 Å². The van der Waals surface area contributed by atoms with Gasteiger partial charge >= 0.3 is 0 Å². The molecule has 0 aliphatic carbocycles. The van der Waals surface area contributed by atoms with Gasteiger partial charge in [-0.3, -0.25) is 0 Å². The van der Waals surface area contributed by atoms with Gasteiger partial charge in [0.2, 0.25) is 0 Å². The Bertz CT molecular complexity index is 620. The Kier molecular flexibility index (Phi) is 4.38. The lowest BCUT2D eigenvalue weighted by molar-refractivity contribution is 0.301. The van der Waals surface area contributed by atoms with Crippen LogP contribution in [-0.2, 0) is 12.5 Å². The molecule has 4 heteroatoms. The van der Waals surface area contributed by atoms with Crippen molar-refractivity contribution in [3.05, 3.63) is 58.9 Å². The molecule has 0 unspecified atom stereocenters. The predicted molar refractivity (Wildman–Crippen MR) is 74.0 cm³/mol. The van der Waals surface area contributed by atoms with E-state index in [4.69, 9.17) is 21.6 Å². The molecule has 2 rings (SSSR count). The number of hydrogen-bond acceptors (Lipinski definition) is 3. The second-order valence-electron chi connectivity index (χ2n) is 4.15. The molecule has 0 saturated carbocycles. The summed E-state index contributed by atoms with van der Waals surface area (Å²) in [6, 6.07) is 11.5. The molecule has 0 fully saturated rings. The van der Waals surface area contributed by atoms with Crippen molar-refractivity contribution in [1.82, 2.24) is 4.98 Å². The van der Waals surface area contributed by atoms with Crippen LogP contribution in [0.1, 0.15) is 22.4 Å². The molecule has 0 saturated heterocycles. The summed E-state index contributed by atoms with van der Waals surface area (Å²) in [6.45, 7) is 2.38. The molecule has 0 bridgehead atoms. The number of rotatable bonds is 4. The number of alkyl halides is 1. The van der Waals surface area contributed by atoms with E-state index in [0.29, 0.717) is 18.2 Å². The van der Waals surface area contributed by atoms with Gasteiger partial charge in [-0.15, -0.1) is 11.6 Å².